The Labute approximate surface area is 79.1 Å². The molecule has 1 rings (SSSR count). The lowest BCUT2D eigenvalue weighted by molar-refractivity contribution is 0.280. The summed E-state index contributed by atoms with van der Waals surface area (Å²) in [5.74, 6) is 0.381. The summed E-state index contributed by atoms with van der Waals surface area (Å²) in [7, 11) is 0. The van der Waals surface area contributed by atoms with Crippen LogP contribution in [0.2, 0.25) is 0 Å². The van der Waals surface area contributed by atoms with Crippen LogP contribution in [0.3, 0.4) is 0 Å². The van der Waals surface area contributed by atoms with Crippen molar-refractivity contribution in [2.24, 2.45) is 0 Å². The summed E-state index contributed by atoms with van der Waals surface area (Å²) in [6, 6.07) is 9.92. The third-order valence-electron chi connectivity index (χ3n) is 1.73. The number of benzene rings is 1. The molecule has 0 saturated carbocycles. The maximum atomic E-state index is 7.42. The van der Waals surface area contributed by atoms with Gasteiger partial charge in [-0.3, -0.25) is 5.41 Å². The average Bonchev–Trinajstić information content (AvgIpc) is 2.17. The van der Waals surface area contributed by atoms with Crippen molar-refractivity contribution in [3.8, 4) is 0 Å². The fraction of sp³-hybridized carbons (Fsp3) is 0.364. The van der Waals surface area contributed by atoms with Crippen LogP contribution in [-0.2, 0) is 11.3 Å². The third-order valence-corrected chi connectivity index (χ3v) is 1.73. The van der Waals surface area contributed by atoms with Gasteiger partial charge in [-0.05, 0) is 12.0 Å². The smallest absolute Gasteiger partial charge is 0.180 e. The predicted octanol–water partition coefficient (Wildman–Crippen LogP) is 2.98. The second-order valence-corrected chi connectivity index (χ2v) is 2.95. The SMILES string of the molecule is CCCC(=N)OCc1ccccc1. The fourth-order valence-electron chi connectivity index (χ4n) is 1.04. The Morgan fingerprint density at radius 2 is 2.00 bits per heavy atom. The van der Waals surface area contributed by atoms with Crippen molar-refractivity contribution in [2.75, 3.05) is 0 Å². The zero-order valence-electron chi connectivity index (χ0n) is 7.92. The largest absolute Gasteiger partial charge is 0.476 e. The summed E-state index contributed by atoms with van der Waals surface area (Å²) < 4.78 is 5.25. The minimum absolute atomic E-state index is 0.381. The maximum Gasteiger partial charge on any atom is 0.180 e. The number of hydrogen-bond donors (Lipinski definition) is 1. The molecule has 2 heteroatoms. The molecule has 0 aliphatic rings. The fourth-order valence-corrected chi connectivity index (χ4v) is 1.04. The topological polar surface area (TPSA) is 33.1 Å². The highest BCUT2D eigenvalue weighted by Gasteiger charge is 1.96. The van der Waals surface area contributed by atoms with E-state index in [-0.39, 0.29) is 0 Å². The van der Waals surface area contributed by atoms with Gasteiger partial charge in [0, 0.05) is 6.42 Å². The summed E-state index contributed by atoms with van der Waals surface area (Å²) in [5, 5.41) is 7.42. The highest BCUT2D eigenvalue weighted by molar-refractivity contribution is 5.72. The molecule has 2 nitrogen and oxygen atoms in total. The number of hydrogen-bond acceptors (Lipinski definition) is 2. The lowest BCUT2D eigenvalue weighted by atomic mass is 10.2. The van der Waals surface area contributed by atoms with Crippen LogP contribution in [-0.4, -0.2) is 5.90 Å². The van der Waals surface area contributed by atoms with Crippen molar-refractivity contribution in [1.82, 2.24) is 0 Å². The van der Waals surface area contributed by atoms with Crippen molar-refractivity contribution in [3.63, 3.8) is 0 Å². The van der Waals surface area contributed by atoms with E-state index in [4.69, 9.17) is 10.1 Å². The van der Waals surface area contributed by atoms with Crippen molar-refractivity contribution in [2.45, 2.75) is 26.4 Å². The van der Waals surface area contributed by atoms with E-state index in [1.165, 1.54) is 0 Å². The molecule has 0 aromatic heterocycles. The van der Waals surface area contributed by atoms with E-state index < -0.39 is 0 Å². The average molecular weight is 177 g/mol. The molecule has 1 N–H and O–H groups in total. The number of ether oxygens (including phenoxy) is 1. The molecule has 13 heavy (non-hydrogen) atoms. The van der Waals surface area contributed by atoms with E-state index in [0.717, 1.165) is 18.4 Å². The molecule has 1 aromatic rings. The molecule has 0 bridgehead atoms. The molecule has 1 aromatic carbocycles. The van der Waals surface area contributed by atoms with Crippen LogP contribution >= 0.6 is 0 Å². The lowest BCUT2D eigenvalue weighted by Gasteiger charge is -2.05. The molecule has 0 amide bonds. The van der Waals surface area contributed by atoms with Gasteiger partial charge in [0.1, 0.15) is 6.61 Å². The van der Waals surface area contributed by atoms with Crippen molar-refractivity contribution >= 4 is 5.90 Å². The van der Waals surface area contributed by atoms with E-state index in [9.17, 15) is 0 Å². The Balaban J connectivity index is 2.31. The van der Waals surface area contributed by atoms with E-state index in [0.29, 0.717) is 12.5 Å². The highest BCUT2D eigenvalue weighted by atomic mass is 16.5. The van der Waals surface area contributed by atoms with Gasteiger partial charge >= 0.3 is 0 Å². The van der Waals surface area contributed by atoms with E-state index in [1.54, 1.807) is 0 Å². The van der Waals surface area contributed by atoms with Crippen LogP contribution in [0, 0.1) is 5.41 Å². The Hall–Kier alpha value is -1.31. The third kappa shape index (κ3) is 3.74. The first-order chi connectivity index (χ1) is 6.33. The Bertz CT molecular complexity index is 256. The molecule has 0 fully saturated rings. The number of nitrogens with one attached hydrogen (secondary N) is 1. The van der Waals surface area contributed by atoms with Crippen molar-refractivity contribution in [3.05, 3.63) is 35.9 Å². The highest BCUT2D eigenvalue weighted by Crippen LogP contribution is 2.02. The Morgan fingerprint density at radius 1 is 1.31 bits per heavy atom. The van der Waals surface area contributed by atoms with Gasteiger partial charge < -0.3 is 4.74 Å². The first kappa shape index (κ1) is 9.78. The summed E-state index contributed by atoms with van der Waals surface area (Å²) in [5.41, 5.74) is 1.11. The maximum absolute atomic E-state index is 7.42. The second-order valence-electron chi connectivity index (χ2n) is 2.95. The molecule has 0 radical (unpaired) electrons. The molecule has 0 aliphatic heterocycles. The van der Waals surface area contributed by atoms with Crippen LogP contribution in [0.15, 0.2) is 30.3 Å². The zero-order chi connectivity index (χ0) is 9.52. The molecule has 0 heterocycles. The van der Waals surface area contributed by atoms with Crippen LogP contribution in [0.25, 0.3) is 0 Å². The molecule has 0 spiro atoms. The monoisotopic (exact) mass is 177 g/mol. The normalized spacial score (nSPS) is 9.62. The predicted molar refractivity (Wildman–Crippen MR) is 53.9 cm³/mol. The van der Waals surface area contributed by atoms with E-state index in [2.05, 4.69) is 0 Å². The van der Waals surface area contributed by atoms with Gasteiger partial charge in [-0.25, -0.2) is 0 Å². The van der Waals surface area contributed by atoms with Gasteiger partial charge in [-0.1, -0.05) is 37.3 Å². The van der Waals surface area contributed by atoms with Crippen LogP contribution in [0.5, 0.6) is 0 Å². The molecule has 0 aliphatic carbocycles. The molecule has 70 valence electrons. The van der Waals surface area contributed by atoms with Crippen molar-refractivity contribution in [1.29, 1.82) is 5.41 Å². The van der Waals surface area contributed by atoms with Crippen LogP contribution in [0.1, 0.15) is 25.3 Å². The molecular weight excluding hydrogens is 162 g/mol. The summed E-state index contributed by atoms with van der Waals surface area (Å²) in [6.07, 6.45) is 1.69. The molecular formula is C11H15NO. The minimum Gasteiger partial charge on any atom is -0.476 e. The van der Waals surface area contributed by atoms with Gasteiger partial charge in [0.2, 0.25) is 0 Å². The quantitative estimate of drug-likeness (QED) is 0.556. The van der Waals surface area contributed by atoms with E-state index in [1.807, 2.05) is 37.3 Å². The molecule has 0 unspecified atom stereocenters. The van der Waals surface area contributed by atoms with Gasteiger partial charge in [0.05, 0.1) is 0 Å². The minimum atomic E-state index is 0.381. The molecule has 0 atom stereocenters. The van der Waals surface area contributed by atoms with Crippen LogP contribution in [0.4, 0.5) is 0 Å². The standard InChI is InChI=1S/C11H15NO/c1-2-6-11(12)13-9-10-7-4-3-5-8-10/h3-5,7-8,12H,2,6,9H2,1H3. The second kappa shape index (κ2) is 5.36. The van der Waals surface area contributed by atoms with Gasteiger partial charge in [0.25, 0.3) is 0 Å². The summed E-state index contributed by atoms with van der Waals surface area (Å²) in [4.78, 5) is 0. The molecule has 0 saturated heterocycles. The van der Waals surface area contributed by atoms with Gasteiger partial charge in [0.15, 0.2) is 5.90 Å². The first-order valence-corrected chi connectivity index (χ1v) is 4.57. The first-order valence-electron chi connectivity index (χ1n) is 4.57. The zero-order valence-corrected chi connectivity index (χ0v) is 7.92. The lowest BCUT2D eigenvalue weighted by Crippen LogP contribution is -2.02. The van der Waals surface area contributed by atoms with Gasteiger partial charge in [-0.2, -0.15) is 0 Å². The van der Waals surface area contributed by atoms with E-state index >= 15 is 0 Å². The van der Waals surface area contributed by atoms with Crippen molar-refractivity contribution < 1.29 is 4.74 Å². The van der Waals surface area contributed by atoms with Crippen LogP contribution < -0.4 is 0 Å². The summed E-state index contributed by atoms with van der Waals surface area (Å²) >= 11 is 0. The van der Waals surface area contributed by atoms with Gasteiger partial charge in [-0.15, -0.1) is 0 Å². The Kier molecular flexibility index (Phi) is 4.03. The number of rotatable bonds is 4. The Morgan fingerprint density at radius 3 is 2.62 bits per heavy atom. The summed E-state index contributed by atoms with van der Waals surface area (Å²) in [6.45, 7) is 2.56.